The molecule has 3 aliphatic carbocycles. The van der Waals surface area contributed by atoms with E-state index in [1.807, 2.05) is 0 Å². The van der Waals surface area contributed by atoms with Crippen LogP contribution in [-0.2, 0) is 5.41 Å². The van der Waals surface area contributed by atoms with Gasteiger partial charge in [-0.3, -0.25) is 0 Å². The molecule has 4 atom stereocenters. The molecule has 33 heavy (non-hydrogen) atoms. The van der Waals surface area contributed by atoms with Crippen LogP contribution in [0.5, 0.6) is 0 Å². The normalized spacial score (nSPS) is 28.0. The Hall–Kier alpha value is -3.06. The molecule has 1 heterocycles. The van der Waals surface area contributed by atoms with Crippen molar-refractivity contribution in [3.05, 3.63) is 83.9 Å². The molecule has 3 aliphatic rings. The van der Waals surface area contributed by atoms with Gasteiger partial charge in [0.05, 0.1) is 11.0 Å². The number of H-pyrrole nitrogens is 1. The number of rotatable bonds is 0. The van der Waals surface area contributed by atoms with Crippen LogP contribution in [-0.4, -0.2) is 4.98 Å². The maximum Gasteiger partial charge on any atom is 0.0547 e. The second-order valence-corrected chi connectivity index (χ2v) is 11.2. The molecule has 2 fully saturated rings. The molecule has 1 heteroatoms. The third-order valence-corrected chi connectivity index (χ3v) is 9.52. The molecule has 2 bridgehead atoms. The number of nitrogens with one attached hydrogen (secondary N) is 1. The quantitative estimate of drug-likeness (QED) is 0.255. The summed E-state index contributed by atoms with van der Waals surface area (Å²) in [6, 6.07) is 27.7. The summed E-state index contributed by atoms with van der Waals surface area (Å²) in [5.74, 6) is 2.55. The summed E-state index contributed by atoms with van der Waals surface area (Å²) in [6.07, 6.45) is 6.92. The van der Waals surface area contributed by atoms with Crippen molar-refractivity contribution in [1.82, 2.24) is 4.98 Å². The molecule has 4 aromatic carbocycles. The van der Waals surface area contributed by atoms with Crippen LogP contribution in [0, 0.1) is 17.8 Å². The maximum absolute atomic E-state index is 3.95. The fourth-order valence-corrected chi connectivity index (χ4v) is 8.33. The Bertz CT molecular complexity index is 1590. The van der Waals surface area contributed by atoms with Gasteiger partial charge in [0.25, 0.3) is 0 Å². The van der Waals surface area contributed by atoms with E-state index in [2.05, 4.69) is 84.7 Å². The summed E-state index contributed by atoms with van der Waals surface area (Å²) in [4.78, 5) is 3.95. The minimum Gasteiger partial charge on any atom is -0.353 e. The van der Waals surface area contributed by atoms with Crippen LogP contribution in [0.25, 0.3) is 43.7 Å². The van der Waals surface area contributed by atoms with E-state index in [-0.39, 0.29) is 5.41 Å². The molecule has 0 saturated heterocycles. The average molecular weight is 428 g/mol. The Kier molecular flexibility index (Phi) is 3.50. The zero-order valence-corrected chi connectivity index (χ0v) is 19.2. The van der Waals surface area contributed by atoms with E-state index >= 15 is 0 Å². The van der Waals surface area contributed by atoms with Gasteiger partial charge in [-0.15, -0.1) is 0 Å². The predicted octanol–water partition coefficient (Wildman–Crippen LogP) is 8.59. The van der Waals surface area contributed by atoms with Crippen molar-refractivity contribution in [2.45, 2.75) is 44.4 Å². The molecule has 162 valence electrons. The molecule has 4 unspecified atom stereocenters. The maximum atomic E-state index is 3.95. The van der Waals surface area contributed by atoms with Gasteiger partial charge in [0.1, 0.15) is 0 Å². The molecule has 1 aromatic heterocycles. The van der Waals surface area contributed by atoms with Gasteiger partial charge in [0.15, 0.2) is 0 Å². The van der Waals surface area contributed by atoms with Gasteiger partial charge >= 0.3 is 0 Å². The third kappa shape index (κ3) is 2.24. The van der Waals surface area contributed by atoms with Crippen LogP contribution in [0.2, 0.25) is 0 Å². The smallest absolute Gasteiger partial charge is 0.0547 e. The Balaban J connectivity index is 1.48. The number of fused-ring (bicyclic) bond motifs is 14. The van der Waals surface area contributed by atoms with E-state index in [1.54, 1.807) is 11.1 Å². The van der Waals surface area contributed by atoms with E-state index < -0.39 is 0 Å². The van der Waals surface area contributed by atoms with Gasteiger partial charge in [0.2, 0.25) is 0 Å². The van der Waals surface area contributed by atoms with Crippen molar-refractivity contribution in [2.75, 3.05) is 0 Å². The molecule has 1 spiro atoms. The van der Waals surface area contributed by atoms with Gasteiger partial charge in [-0.2, -0.15) is 0 Å². The molecule has 5 aromatic rings. The first-order valence-electron chi connectivity index (χ1n) is 12.8. The number of hydrogen-bond donors (Lipinski definition) is 1. The molecule has 8 rings (SSSR count). The van der Waals surface area contributed by atoms with Gasteiger partial charge in [0, 0.05) is 27.1 Å². The predicted molar refractivity (Wildman–Crippen MR) is 139 cm³/mol. The molecular formula is C32H29N. The first-order valence-corrected chi connectivity index (χ1v) is 12.8. The minimum atomic E-state index is 0.199. The van der Waals surface area contributed by atoms with Crippen LogP contribution in [0.1, 0.15) is 50.2 Å². The summed E-state index contributed by atoms with van der Waals surface area (Å²) in [7, 11) is 0. The molecular weight excluding hydrogens is 398 g/mol. The summed E-state index contributed by atoms with van der Waals surface area (Å²) in [6.45, 7) is 2.49. The lowest BCUT2D eigenvalue weighted by atomic mass is 9.53. The number of hydrogen-bond acceptors (Lipinski definition) is 0. The van der Waals surface area contributed by atoms with Gasteiger partial charge in [-0.1, -0.05) is 79.7 Å². The Morgan fingerprint density at radius 2 is 1.55 bits per heavy atom. The van der Waals surface area contributed by atoms with Crippen molar-refractivity contribution in [3.63, 3.8) is 0 Å². The van der Waals surface area contributed by atoms with Gasteiger partial charge in [-0.05, 0) is 71.9 Å². The highest BCUT2D eigenvalue weighted by Gasteiger charge is 2.53. The lowest BCUT2D eigenvalue weighted by Crippen LogP contribution is -2.44. The van der Waals surface area contributed by atoms with Crippen molar-refractivity contribution in [1.29, 1.82) is 0 Å². The van der Waals surface area contributed by atoms with E-state index in [0.29, 0.717) is 0 Å². The Morgan fingerprint density at radius 1 is 0.727 bits per heavy atom. The fourth-order valence-electron chi connectivity index (χ4n) is 8.33. The minimum absolute atomic E-state index is 0.199. The molecule has 0 aliphatic heterocycles. The first kappa shape index (κ1) is 18.4. The largest absolute Gasteiger partial charge is 0.353 e. The zero-order chi connectivity index (χ0) is 21.7. The Labute approximate surface area is 194 Å². The van der Waals surface area contributed by atoms with E-state index in [4.69, 9.17) is 0 Å². The highest BCUT2D eigenvalue weighted by atomic mass is 14.7. The molecule has 0 amide bonds. The second kappa shape index (κ2) is 6.29. The van der Waals surface area contributed by atoms with Gasteiger partial charge in [-0.25, -0.2) is 0 Å². The Morgan fingerprint density at radius 3 is 2.52 bits per heavy atom. The monoisotopic (exact) mass is 427 g/mol. The van der Waals surface area contributed by atoms with Crippen molar-refractivity contribution in [2.24, 2.45) is 17.8 Å². The standard InChI is InChI=1S/C32H29N/c1-19-16-20-14-15-32(22(17-19)18-20)27-9-5-4-8-26(27)29-28(32)13-12-25-24-11-10-21-6-2-3-7-23(21)30(24)33-31(25)29/h2-13,19-20,22,33H,14-18H2,1H3. The zero-order valence-electron chi connectivity index (χ0n) is 19.2. The van der Waals surface area contributed by atoms with E-state index in [9.17, 15) is 0 Å². The van der Waals surface area contributed by atoms with Crippen molar-refractivity contribution < 1.29 is 0 Å². The van der Waals surface area contributed by atoms with Crippen LogP contribution in [0.15, 0.2) is 72.8 Å². The van der Waals surface area contributed by atoms with E-state index in [0.717, 1.165) is 17.8 Å². The topological polar surface area (TPSA) is 15.8 Å². The fraction of sp³-hybridized carbons (Fsp3) is 0.312. The SMILES string of the molecule is CC1CC2CCC3(c4ccccc4-c4c3ccc3c4[nH]c4c5ccccc5ccc34)C(C1)C2. The number of benzene rings is 4. The average Bonchev–Trinajstić information content (AvgIpc) is 3.36. The highest BCUT2D eigenvalue weighted by molar-refractivity contribution is 6.20. The third-order valence-electron chi connectivity index (χ3n) is 9.52. The summed E-state index contributed by atoms with van der Waals surface area (Å²) in [5.41, 5.74) is 8.99. The number of aromatic nitrogens is 1. The van der Waals surface area contributed by atoms with Crippen LogP contribution < -0.4 is 0 Å². The number of aromatic amines is 1. The van der Waals surface area contributed by atoms with E-state index in [1.165, 1.54) is 75.8 Å². The highest BCUT2D eigenvalue weighted by Crippen LogP contribution is 2.63. The van der Waals surface area contributed by atoms with Crippen LogP contribution >= 0.6 is 0 Å². The molecule has 1 nitrogen and oxygen atoms in total. The molecule has 0 radical (unpaired) electrons. The molecule has 2 saturated carbocycles. The summed E-state index contributed by atoms with van der Waals surface area (Å²) < 4.78 is 0. The lowest BCUT2D eigenvalue weighted by Gasteiger charge is -2.50. The second-order valence-electron chi connectivity index (χ2n) is 11.2. The lowest BCUT2D eigenvalue weighted by molar-refractivity contribution is 0.0856. The van der Waals surface area contributed by atoms with Crippen LogP contribution in [0.3, 0.4) is 0 Å². The van der Waals surface area contributed by atoms with Gasteiger partial charge < -0.3 is 4.98 Å². The first-order chi connectivity index (χ1) is 16.2. The summed E-state index contributed by atoms with van der Waals surface area (Å²) in [5, 5.41) is 5.34. The molecule has 1 N–H and O–H groups in total. The van der Waals surface area contributed by atoms with Crippen LogP contribution in [0.4, 0.5) is 0 Å². The van der Waals surface area contributed by atoms with Crippen molar-refractivity contribution in [3.8, 4) is 11.1 Å². The van der Waals surface area contributed by atoms with Crippen molar-refractivity contribution >= 4 is 32.6 Å². The summed E-state index contributed by atoms with van der Waals surface area (Å²) >= 11 is 0.